The summed E-state index contributed by atoms with van der Waals surface area (Å²) in [5.41, 5.74) is 7.26. The van der Waals surface area contributed by atoms with Crippen LogP contribution in [0.1, 0.15) is 0 Å². The molecule has 0 unspecified atom stereocenters. The van der Waals surface area contributed by atoms with Crippen molar-refractivity contribution in [2.45, 2.75) is 0 Å². The van der Waals surface area contributed by atoms with Crippen LogP contribution < -0.4 is 15.5 Å². The highest BCUT2D eigenvalue weighted by Crippen LogP contribution is 2.27. The fourth-order valence-corrected chi connectivity index (χ4v) is 2.06. The molecule has 1 aromatic carbocycles. The van der Waals surface area contributed by atoms with Crippen LogP contribution in [0.2, 0.25) is 0 Å². The third-order valence-electron chi connectivity index (χ3n) is 2.91. The topological polar surface area (TPSA) is 110 Å². The molecular weight excluding hydrogens is 248 g/mol. The summed E-state index contributed by atoms with van der Waals surface area (Å²) in [6.45, 7) is 0.471. The van der Waals surface area contributed by atoms with E-state index in [2.05, 4.69) is 5.10 Å². The summed E-state index contributed by atoms with van der Waals surface area (Å²) in [6, 6.07) is 5.05. The summed E-state index contributed by atoms with van der Waals surface area (Å²) in [7, 11) is 0. The molecule has 0 saturated carbocycles. The molecule has 0 amide bonds. The Morgan fingerprint density at radius 2 is 1.89 bits per heavy atom. The third-order valence-corrected chi connectivity index (χ3v) is 2.91. The zero-order valence-corrected chi connectivity index (χ0v) is 10.4. The second kappa shape index (κ2) is 5.68. The zero-order valence-electron chi connectivity index (χ0n) is 10.4. The van der Waals surface area contributed by atoms with E-state index in [1.165, 1.54) is 6.20 Å². The Morgan fingerprint density at radius 1 is 1.21 bits per heavy atom. The van der Waals surface area contributed by atoms with Crippen molar-refractivity contribution < 1.29 is 15.1 Å². The molecule has 2 rings (SSSR count). The number of benzene rings is 1. The maximum Gasteiger partial charge on any atom is 0.277 e. The molecule has 19 heavy (non-hydrogen) atoms. The number of aliphatic hydroxyl groups is 2. The van der Waals surface area contributed by atoms with Gasteiger partial charge in [-0.25, -0.2) is 0 Å². The number of nitrogens with zero attached hydrogens (tertiary/aromatic N) is 3. The van der Waals surface area contributed by atoms with Crippen molar-refractivity contribution >= 4 is 22.3 Å². The SMILES string of the molecule is Nc1ccc(N(CCO)CCO)c2c1ccn[n+]2[O-]. The van der Waals surface area contributed by atoms with Crippen LogP contribution in [-0.2, 0) is 0 Å². The minimum Gasteiger partial charge on any atom is -0.594 e. The molecule has 0 fully saturated rings. The minimum atomic E-state index is -0.0784. The Labute approximate surface area is 110 Å². The van der Waals surface area contributed by atoms with E-state index in [-0.39, 0.29) is 13.2 Å². The van der Waals surface area contributed by atoms with Crippen molar-refractivity contribution in [2.75, 3.05) is 36.9 Å². The standard InChI is InChI=1S/C12H16N4O3/c13-10-1-2-11(15(5-7-17)6-8-18)12-9(10)3-4-14-16(12)19/h1-4,17-18H,5-8,13H2. The molecular formula is C12H16N4O3. The van der Waals surface area contributed by atoms with Crippen LogP contribution in [0.15, 0.2) is 24.4 Å². The van der Waals surface area contributed by atoms with E-state index in [9.17, 15) is 5.21 Å². The van der Waals surface area contributed by atoms with Gasteiger partial charge in [-0.3, -0.25) is 0 Å². The van der Waals surface area contributed by atoms with Gasteiger partial charge in [0, 0.05) is 23.9 Å². The summed E-state index contributed by atoms with van der Waals surface area (Å²) in [6.07, 6.45) is 1.39. The van der Waals surface area contributed by atoms with Gasteiger partial charge in [-0.05, 0) is 23.0 Å². The van der Waals surface area contributed by atoms with E-state index in [0.717, 1.165) is 0 Å². The molecule has 7 nitrogen and oxygen atoms in total. The average molecular weight is 264 g/mol. The summed E-state index contributed by atoms with van der Waals surface area (Å²) >= 11 is 0. The highest BCUT2D eigenvalue weighted by atomic mass is 16.5. The molecule has 0 aliphatic heterocycles. The van der Waals surface area contributed by atoms with E-state index >= 15 is 0 Å². The number of anilines is 2. The highest BCUT2D eigenvalue weighted by molar-refractivity contribution is 5.96. The number of nitrogens with two attached hydrogens (primary N) is 1. The maximum atomic E-state index is 11.9. The molecule has 0 saturated heterocycles. The lowest BCUT2D eigenvalue weighted by Crippen LogP contribution is -2.36. The lowest BCUT2D eigenvalue weighted by molar-refractivity contribution is -0.642. The second-order valence-electron chi connectivity index (χ2n) is 4.07. The molecule has 0 aliphatic rings. The van der Waals surface area contributed by atoms with Gasteiger partial charge in [-0.1, -0.05) is 0 Å². The Bertz CT molecular complexity index is 570. The quantitative estimate of drug-likeness (QED) is 0.372. The van der Waals surface area contributed by atoms with Gasteiger partial charge in [0.15, 0.2) is 0 Å². The Kier molecular flexibility index (Phi) is 3.98. The third kappa shape index (κ3) is 2.51. The molecule has 0 spiro atoms. The lowest BCUT2D eigenvalue weighted by Gasteiger charge is -2.23. The normalized spacial score (nSPS) is 10.8. The molecule has 102 valence electrons. The van der Waals surface area contributed by atoms with Crippen LogP contribution in [0, 0.1) is 5.21 Å². The number of nitrogen functional groups attached to an aromatic ring is 1. The van der Waals surface area contributed by atoms with E-state index in [1.807, 2.05) is 0 Å². The summed E-state index contributed by atoms with van der Waals surface area (Å²) in [5.74, 6) is 0. The summed E-state index contributed by atoms with van der Waals surface area (Å²) in [4.78, 5) is 2.22. The van der Waals surface area contributed by atoms with Crippen LogP contribution in [0.5, 0.6) is 0 Å². The van der Waals surface area contributed by atoms with Crippen molar-refractivity contribution in [3.05, 3.63) is 29.6 Å². The number of hydrogen-bond acceptors (Lipinski definition) is 6. The minimum absolute atomic E-state index is 0.0784. The van der Waals surface area contributed by atoms with Crippen molar-refractivity contribution in [1.29, 1.82) is 0 Å². The predicted octanol–water partition coefficient (Wildman–Crippen LogP) is -0.759. The molecule has 4 N–H and O–H groups in total. The average Bonchev–Trinajstić information content (AvgIpc) is 2.40. The van der Waals surface area contributed by atoms with Gasteiger partial charge in [-0.15, -0.1) is 0 Å². The molecule has 7 heteroatoms. The number of fused-ring (bicyclic) bond motifs is 1. The molecule has 0 aliphatic carbocycles. The zero-order chi connectivity index (χ0) is 13.8. The molecule has 2 aromatic rings. The van der Waals surface area contributed by atoms with E-state index < -0.39 is 0 Å². The Balaban J connectivity index is 2.62. The first-order chi connectivity index (χ1) is 9.19. The lowest BCUT2D eigenvalue weighted by atomic mass is 10.1. The summed E-state index contributed by atoms with van der Waals surface area (Å²) < 4.78 is 0. The van der Waals surface area contributed by atoms with Gasteiger partial charge < -0.3 is 26.1 Å². The van der Waals surface area contributed by atoms with Gasteiger partial charge in [0.1, 0.15) is 5.69 Å². The van der Waals surface area contributed by atoms with Crippen LogP contribution in [0.3, 0.4) is 0 Å². The van der Waals surface area contributed by atoms with E-state index in [0.29, 0.717) is 40.2 Å². The van der Waals surface area contributed by atoms with E-state index in [1.54, 1.807) is 23.1 Å². The fourth-order valence-electron chi connectivity index (χ4n) is 2.06. The van der Waals surface area contributed by atoms with Crippen LogP contribution in [-0.4, -0.2) is 41.6 Å². The first-order valence-corrected chi connectivity index (χ1v) is 5.92. The first-order valence-electron chi connectivity index (χ1n) is 5.92. The number of rotatable bonds is 5. The fraction of sp³-hybridized carbons (Fsp3) is 0.333. The van der Waals surface area contributed by atoms with Crippen LogP contribution >= 0.6 is 0 Å². The molecule has 1 heterocycles. The van der Waals surface area contributed by atoms with Crippen molar-refractivity contribution in [1.82, 2.24) is 5.10 Å². The second-order valence-corrected chi connectivity index (χ2v) is 4.07. The van der Waals surface area contributed by atoms with Crippen molar-refractivity contribution in [3.8, 4) is 0 Å². The number of aliphatic hydroxyl groups excluding tert-OH is 2. The van der Waals surface area contributed by atoms with Crippen molar-refractivity contribution in [3.63, 3.8) is 0 Å². The largest absolute Gasteiger partial charge is 0.594 e. The maximum absolute atomic E-state index is 11.9. The van der Waals surface area contributed by atoms with Crippen LogP contribution in [0.25, 0.3) is 10.9 Å². The van der Waals surface area contributed by atoms with Gasteiger partial charge in [-0.2, -0.15) is 0 Å². The van der Waals surface area contributed by atoms with Crippen molar-refractivity contribution in [2.24, 2.45) is 0 Å². The summed E-state index contributed by atoms with van der Waals surface area (Å²) in [5, 5.41) is 34.3. The van der Waals surface area contributed by atoms with Gasteiger partial charge in [0.25, 0.3) is 5.52 Å². The number of hydrogen-bond donors (Lipinski definition) is 3. The van der Waals surface area contributed by atoms with Gasteiger partial charge in [0.05, 0.1) is 24.8 Å². The molecule has 1 aromatic heterocycles. The monoisotopic (exact) mass is 264 g/mol. The Morgan fingerprint density at radius 3 is 2.53 bits per heavy atom. The van der Waals surface area contributed by atoms with Gasteiger partial charge >= 0.3 is 0 Å². The Hall–Kier alpha value is -2.12. The molecule has 0 atom stereocenters. The highest BCUT2D eigenvalue weighted by Gasteiger charge is 2.18. The molecule has 0 radical (unpaired) electrons. The van der Waals surface area contributed by atoms with Crippen LogP contribution in [0.4, 0.5) is 11.4 Å². The number of aromatic nitrogens is 2. The smallest absolute Gasteiger partial charge is 0.277 e. The predicted molar refractivity (Wildman–Crippen MR) is 71.5 cm³/mol. The first kappa shape index (κ1) is 13.3. The van der Waals surface area contributed by atoms with Gasteiger partial charge in [0.2, 0.25) is 0 Å². The molecule has 0 bridgehead atoms. The van der Waals surface area contributed by atoms with E-state index in [4.69, 9.17) is 15.9 Å².